The van der Waals surface area contributed by atoms with E-state index in [2.05, 4.69) is 10.0 Å². The van der Waals surface area contributed by atoms with Crippen LogP contribution in [0.5, 0.6) is 0 Å². The van der Waals surface area contributed by atoms with Crippen LogP contribution in [0.3, 0.4) is 0 Å². The molecule has 0 bridgehead atoms. The van der Waals surface area contributed by atoms with E-state index in [0.29, 0.717) is 12.1 Å². The maximum Gasteiger partial charge on any atom is 0.337 e. The number of hydrogen-bond acceptors (Lipinski definition) is 4. The Morgan fingerprint density at radius 1 is 1.15 bits per heavy atom. The molecule has 0 aromatic heterocycles. The van der Waals surface area contributed by atoms with E-state index in [4.69, 9.17) is 0 Å². The molecule has 0 saturated carbocycles. The Kier molecular flexibility index (Phi) is 6.76. The fraction of sp³-hybridized carbons (Fsp3) is 0.316. The molecule has 0 heterocycles. The normalized spacial score (nSPS) is 12.5. The highest BCUT2D eigenvalue weighted by atomic mass is 32.2. The first-order chi connectivity index (χ1) is 12.3. The van der Waals surface area contributed by atoms with Crippen LogP contribution in [0.2, 0.25) is 0 Å². The number of aromatic carboxylic acids is 1. The summed E-state index contributed by atoms with van der Waals surface area (Å²) in [7, 11) is -3.78. The summed E-state index contributed by atoms with van der Waals surface area (Å²) in [6.45, 7) is 4.15. The van der Waals surface area contributed by atoms with Crippen molar-refractivity contribution < 1.29 is 18.3 Å². The molecule has 0 saturated heterocycles. The van der Waals surface area contributed by atoms with Gasteiger partial charge in [-0.15, -0.1) is 0 Å². The van der Waals surface area contributed by atoms with E-state index in [-0.39, 0.29) is 23.0 Å². The fourth-order valence-corrected chi connectivity index (χ4v) is 3.48. The third-order valence-corrected chi connectivity index (χ3v) is 5.55. The summed E-state index contributed by atoms with van der Waals surface area (Å²) in [5, 5.41) is 12.5. The largest absolute Gasteiger partial charge is 0.478 e. The van der Waals surface area contributed by atoms with Crippen LogP contribution < -0.4 is 10.0 Å². The number of nitrogens with one attached hydrogen (secondary N) is 2. The predicted molar refractivity (Wildman–Crippen MR) is 102 cm³/mol. The van der Waals surface area contributed by atoms with Gasteiger partial charge in [-0.25, -0.2) is 17.9 Å². The van der Waals surface area contributed by atoms with Gasteiger partial charge in [-0.2, -0.15) is 0 Å². The van der Waals surface area contributed by atoms with E-state index in [1.54, 1.807) is 0 Å². The predicted octanol–water partition coefficient (Wildman–Crippen LogP) is 3.12. The molecule has 6 nitrogen and oxygen atoms in total. The van der Waals surface area contributed by atoms with Crippen molar-refractivity contribution in [2.75, 3.05) is 11.9 Å². The topological polar surface area (TPSA) is 95.5 Å². The summed E-state index contributed by atoms with van der Waals surface area (Å²) in [6.07, 6.45) is 1.37. The second kappa shape index (κ2) is 8.82. The maximum atomic E-state index is 12.5. The Hall–Kier alpha value is -2.38. The zero-order valence-corrected chi connectivity index (χ0v) is 15.7. The third kappa shape index (κ3) is 5.31. The molecule has 1 atom stereocenters. The van der Waals surface area contributed by atoms with Crippen molar-refractivity contribution in [2.24, 2.45) is 0 Å². The first-order valence-electron chi connectivity index (χ1n) is 8.51. The zero-order chi connectivity index (χ0) is 19.2. The Morgan fingerprint density at radius 3 is 2.46 bits per heavy atom. The van der Waals surface area contributed by atoms with Gasteiger partial charge in [0.2, 0.25) is 10.0 Å². The van der Waals surface area contributed by atoms with E-state index < -0.39 is 16.0 Å². The lowest BCUT2D eigenvalue weighted by atomic mass is 10.1. The van der Waals surface area contributed by atoms with Crippen molar-refractivity contribution in [3.63, 3.8) is 0 Å². The van der Waals surface area contributed by atoms with Crippen LogP contribution in [0, 0.1) is 0 Å². The fourth-order valence-electron chi connectivity index (χ4n) is 2.42. The number of hydrogen-bond donors (Lipinski definition) is 3. The number of anilines is 1. The van der Waals surface area contributed by atoms with Crippen LogP contribution in [-0.4, -0.2) is 32.1 Å². The molecule has 0 amide bonds. The molecule has 2 aromatic carbocycles. The average Bonchev–Trinajstić information content (AvgIpc) is 2.62. The number of carbonyl (C=O) groups is 1. The lowest BCUT2D eigenvalue weighted by Gasteiger charge is -2.16. The van der Waals surface area contributed by atoms with Crippen LogP contribution in [0.4, 0.5) is 5.69 Å². The highest BCUT2D eigenvalue weighted by Crippen LogP contribution is 2.22. The van der Waals surface area contributed by atoms with Gasteiger partial charge >= 0.3 is 5.97 Å². The molecule has 2 aromatic rings. The summed E-state index contributed by atoms with van der Waals surface area (Å²) in [5.41, 5.74) is 1.38. The van der Waals surface area contributed by atoms with Crippen LogP contribution in [-0.2, 0) is 16.4 Å². The Labute approximate surface area is 154 Å². The lowest BCUT2D eigenvalue weighted by Crippen LogP contribution is -2.26. The minimum Gasteiger partial charge on any atom is -0.478 e. The van der Waals surface area contributed by atoms with Crippen LogP contribution in [0.15, 0.2) is 53.4 Å². The monoisotopic (exact) mass is 376 g/mol. The number of benzene rings is 2. The van der Waals surface area contributed by atoms with E-state index in [1.165, 1.54) is 18.2 Å². The molecule has 140 valence electrons. The molecule has 0 radical (unpaired) electrons. The number of carboxylic acids is 1. The molecule has 3 N–H and O–H groups in total. The Morgan fingerprint density at radius 2 is 1.85 bits per heavy atom. The Bertz CT molecular complexity index is 851. The summed E-state index contributed by atoms with van der Waals surface area (Å²) in [4.78, 5) is 11.5. The molecule has 0 fully saturated rings. The van der Waals surface area contributed by atoms with Gasteiger partial charge in [-0.3, -0.25) is 0 Å². The van der Waals surface area contributed by atoms with Gasteiger partial charge in [-0.05, 0) is 43.5 Å². The van der Waals surface area contributed by atoms with E-state index >= 15 is 0 Å². The molecule has 1 unspecified atom stereocenters. The van der Waals surface area contributed by atoms with Gasteiger partial charge in [0, 0.05) is 18.3 Å². The number of rotatable bonds is 9. The van der Waals surface area contributed by atoms with Crippen LogP contribution in [0.25, 0.3) is 0 Å². The van der Waals surface area contributed by atoms with Crippen molar-refractivity contribution in [3.8, 4) is 0 Å². The molecule has 0 aliphatic heterocycles. The van der Waals surface area contributed by atoms with E-state index in [0.717, 1.165) is 12.0 Å². The molecule has 0 spiro atoms. The average molecular weight is 376 g/mol. The molecule has 0 aliphatic rings. The molecular formula is C19H24N2O4S. The third-order valence-electron chi connectivity index (χ3n) is 4.09. The molecular weight excluding hydrogens is 352 g/mol. The highest BCUT2D eigenvalue weighted by Gasteiger charge is 2.19. The van der Waals surface area contributed by atoms with Gasteiger partial charge < -0.3 is 10.4 Å². The van der Waals surface area contributed by atoms with Gasteiger partial charge in [0.1, 0.15) is 0 Å². The number of carboxylic acid groups (broad SMARTS) is 1. The van der Waals surface area contributed by atoms with Gasteiger partial charge in [0.15, 0.2) is 0 Å². The molecule has 26 heavy (non-hydrogen) atoms. The highest BCUT2D eigenvalue weighted by molar-refractivity contribution is 7.89. The van der Waals surface area contributed by atoms with E-state index in [1.807, 2.05) is 44.2 Å². The maximum absolute atomic E-state index is 12.5. The molecule has 2 rings (SSSR count). The van der Waals surface area contributed by atoms with Crippen LogP contribution >= 0.6 is 0 Å². The minimum atomic E-state index is -3.78. The lowest BCUT2D eigenvalue weighted by molar-refractivity contribution is 0.0697. The van der Waals surface area contributed by atoms with Gasteiger partial charge in [0.25, 0.3) is 0 Å². The van der Waals surface area contributed by atoms with Gasteiger partial charge in [0.05, 0.1) is 10.5 Å². The SMILES string of the molecule is CCC(C)Nc1ccc(S(=O)(=O)NCCc2ccccc2)cc1C(=O)O. The summed E-state index contributed by atoms with van der Waals surface area (Å²) >= 11 is 0. The Balaban J connectivity index is 2.15. The molecule has 0 aliphatic carbocycles. The van der Waals surface area contributed by atoms with Crippen molar-refractivity contribution in [2.45, 2.75) is 37.6 Å². The first kappa shape index (κ1) is 19.9. The number of sulfonamides is 1. The first-order valence-corrected chi connectivity index (χ1v) is 9.99. The minimum absolute atomic E-state index is 0.0577. The summed E-state index contributed by atoms with van der Waals surface area (Å²) < 4.78 is 27.4. The van der Waals surface area contributed by atoms with Crippen molar-refractivity contribution in [1.29, 1.82) is 0 Å². The van der Waals surface area contributed by atoms with Crippen molar-refractivity contribution in [1.82, 2.24) is 4.72 Å². The van der Waals surface area contributed by atoms with Crippen molar-refractivity contribution >= 4 is 21.7 Å². The zero-order valence-electron chi connectivity index (χ0n) is 14.9. The summed E-state index contributed by atoms with van der Waals surface area (Å²) in [5.74, 6) is -1.17. The standard InChI is InChI=1S/C19H24N2O4S/c1-3-14(2)21-18-10-9-16(13-17(18)19(22)23)26(24,25)20-12-11-15-7-5-4-6-8-15/h4-10,13-14,20-21H,3,11-12H2,1-2H3,(H,22,23). The quantitative estimate of drug-likeness (QED) is 0.625. The van der Waals surface area contributed by atoms with Crippen molar-refractivity contribution in [3.05, 3.63) is 59.7 Å². The second-order valence-corrected chi connectivity index (χ2v) is 7.87. The summed E-state index contributed by atoms with van der Waals surface area (Å²) in [6, 6.07) is 13.7. The van der Waals surface area contributed by atoms with Gasteiger partial charge in [-0.1, -0.05) is 37.3 Å². The smallest absolute Gasteiger partial charge is 0.337 e. The van der Waals surface area contributed by atoms with Crippen LogP contribution in [0.1, 0.15) is 36.2 Å². The second-order valence-electron chi connectivity index (χ2n) is 6.10. The molecule has 7 heteroatoms. The van der Waals surface area contributed by atoms with E-state index in [9.17, 15) is 18.3 Å².